The Morgan fingerprint density at radius 2 is 2.18 bits per heavy atom. The summed E-state index contributed by atoms with van der Waals surface area (Å²) in [7, 11) is 1.53. The van der Waals surface area contributed by atoms with Gasteiger partial charge in [-0.1, -0.05) is 0 Å². The standard InChI is InChI=1S/C12H16FNO3/c1-15-11-3-2-8(13)6-9(11)10(14)7-12-16-4-5-17-12/h2-3,6,10,12H,4-5,7,14H2,1H3. The third kappa shape index (κ3) is 2.94. The number of halogens is 1. The predicted molar refractivity (Wildman–Crippen MR) is 60.2 cm³/mol. The van der Waals surface area contributed by atoms with Crippen molar-refractivity contribution in [2.45, 2.75) is 18.8 Å². The summed E-state index contributed by atoms with van der Waals surface area (Å²) in [5.74, 6) is 0.251. The van der Waals surface area contributed by atoms with Gasteiger partial charge in [-0.15, -0.1) is 0 Å². The molecule has 17 heavy (non-hydrogen) atoms. The van der Waals surface area contributed by atoms with Crippen LogP contribution in [0.4, 0.5) is 4.39 Å². The molecule has 1 fully saturated rings. The van der Waals surface area contributed by atoms with Crippen LogP contribution in [-0.4, -0.2) is 26.6 Å². The number of ether oxygens (including phenoxy) is 3. The molecular weight excluding hydrogens is 225 g/mol. The molecule has 0 aromatic heterocycles. The normalized spacial score (nSPS) is 18.3. The zero-order chi connectivity index (χ0) is 12.3. The molecule has 4 nitrogen and oxygen atoms in total. The van der Waals surface area contributed by atoms with Gasteiger partial charge in [0, 0.05) is 18.0 Å². The van der Waals surface area contributed by atoms with Gasteiger partial charge in [-0.2, -0.15) is 0 Å². The van der Waals surface area contributed by atoms with Crippen LogP contribution in [0.15, 0.2) is 18.2 Å². The summed E-state index contributed by atoms with van der Waals surface area (Å²) in [6.45, 7) is 1.16. The number of rotatable bonds is 4. The highest BCUT2D eigenvalue weighted by Crippen LogP contribution is 2.28. The number of hydrogen-bond acceptors (Lipinski definition) is 4. The Morgan fingerprint density at radius 3 is 2.82 bits per heavy atom. The van der Waals surface area contributed by atoms with E-state index >= 15 is 0 Å². The molecule has 0 saturated carbocycles. The Balaban J connectivity index is 2.11. The van der Waals surface area contributed by atoms with E-state index in [9.17, 15) is 4.39 Å². The van der Waals surface area contributed by atoms with Crippen LogP contribution in [0.25, 0.3) is 0 Å². The molecule has 1 saturated heterocycles. The Morgan fingerprint density at radius 1 is 1.47 bits per heavy atom. The average molecular weight is 241 g/mol. The van der Waals surface area contributed by atoms with Gasteiger partial charge in [-0.05, 0) is 18.2 Å². The van der Waals surface area contributed by atoms with Crippen LogP contribution in [-0.2, 0) is 9.47 Å². The molecule has 1 atom stereocenters. The van der Waals surface area contributed by atoms with E-state index in [2.05, 4.69) is 0 Å². The largest absolute Gasteiger partial charge is 0.496 e. The molecule has 2 rings (SSSR count). The highest BCUT2D eigenvalue weighted by atomic mass is 19.1. The molecule has 1 aliphatic heterocycles. The SMILES string of the molecule is COc1ccc(F)cc1C(N)CC1OCCO1. The van der Waals surface area contributed by atoms with Gasteiger partial charge in [0.05, 0.1) is 20.3 Å². The summed E-state index contributed by atoms with van der Waals surface area (Å²) < 4.78 is 29.0. The molecule has 2 N–H and O–H groups in total. The summed E-state index contributed by atoms with van der Waals surface area (Å²) in [5, 5.41) is 0. The lowest BCUT2D eigenvalue weighted by Crippen LogP contribution is -2.20. The zero-order valence-corrected chi connectivity index (χ0v) is 9.69. The van der Waals surface area contributed by atoms with Crippen molar-refractivity contribution in [3.63, 3.8) is 0 Å². The van der Waals surface area contributed by atoms with Gasteiger partial charge in [0.2, 0.25) is 0 Å². The minimum absolute atomic E-state index is 0.307. The van der Waals surface area contributed by atoms with E-state index in [1.165, 1.54) is 19.2 Å². The van der Waals surface area contributed by atoms with E-state index in [0.29, 0.717) is 30.9 Å². The monoisotopic (exact) mass is 241 g/mol. The molecule has 1 heterocycles. The summed E-state index contributed by atoms with van der Waals surface area (Å²) in [6, 6.07) is 3.93. The van der Waals surface area contributed by atoms with Gasteiger partial charge in [0.1, 0.15) is 11.6 Å². The number of benzene rings is 1. The van der Waals surface area contributed by atoms with E-state index in [0.717, 1.165) is 0 Å². The Kier molecular flexibility index (Phi) is 3.93. The number of hydrogen-bond donors (Lipinski definition) is 1. The third-order valence-corrected chi connectivity index (χ3v) is 2.73. The molecule has 0 bridgehead atoms. The van der Waals surface area contributed by atoms with Crippen molar-refractivity contribution >= 4 is 0 Å². The van der Waals surface area contributed by atoms with Crippen LogP contribution in [0.3, 0.4) is 0 Å². The second-order valence-electron chi connectivity index (χ2n) is 3.90. The molecule has 1 aliphatic rings. The van der Waals surface area contributed by atoms with Crippen molar-refractivity contribution < 1.29 is 18.6 Å². The summed E-state index contributed by atoms with van der Waals surface area (Å²) in [5.41, 5.74) is 6.64. The molecule has 1 aromatic rings. The van der Waals surface area contributed by atoms with E-state index in [1.807, 2.05) is 0 Å². The maximum atomic E-state index is 13.2. The first-order valence-corrected chi connectivity index (χ1v) is 5.53. The molecule has 5 heteroatoms. The molecule has 0 aliphatic carbocycles. The molecule has 94 valence electrons. The number of nitrogens with two attached hydrogens (primary N) is 1. The van der Waals surface area contributed by atoms with Crippen molar-refractivity contribution in [2.75, 3.05) is 20.3 Å². The van der Waals surface area contributed by atoms with Gasteiger partial charge in [0.15, 0.2) is 6.29 Å². The fraction of sp³-hybridized carbons (Fsp3) is 0.500. The van der Waals surface area contributed by atoms with Gasteiger partial charge < -0.3 is 19.9 Å². The Labute approximate surface area is 99.5 Å². The minimum atomic E-state index is -0.372. The van der Waals surface area contributed by atoms with Gasteiger partial charge in [-0.25, -0.2) is 4.39 Å². The second-order valence-corrected chi connectivity index (χ2v) is 3.90. The van der Waals surface area contributed by atoms with E-state index in [-0.39, 0.29) is 18.1 Å². The quantitative estimate of drug-likeness (QED) is 0.869. The fourth-order valence-electron chi connectivity index (χ4n) is 1.87. The lowest BCUT2D eigenvalue weighted by molar-refractivity contribution is -0.0508. The van der Waals surface area contributed by atoms with Crippen molar-refractivity contribution in [3.8, 4) is 5.75 Å². The van der Waals surface area contributed by atoms with Gasteiger partial charge in [0.25, 0.3) is 0 Å². The summed E-state index contributed by atoms with van der Waals surface area (Å²) >= 11 is 0. The van der Waals surface area contributed by atoms with Crippen LogP contribution in [0.2, 0.25) is 0 Å². The van der Waals surface area contributed by atoms with Crippen LogP contribution in [0.1, 0.15) is 18.0 Å². The average Bonchev–Trinajstić information content (AvgIpc) is 2.81. The second kappa shape index (κ2) is 5.44. The Hall–Kier alpha value is -1.17. The van der Waals surface area contributed by atoms with E-state index < -0.39 is 0 Å². The first-order chi connectivity index (χ1) is 8.20. The van der Waals surface area contributed by atoms with Crippen molar-refractivity contribution in [3.05, 3.63) is 29.6 Å². The van der Waals surface area contributed by atoms with Gasteiger partial charge in [-0.3, -0.25) is 0 Å². The number of methoxy groups -OCH3 is 1. The summed E-state index contributed by atoms with van der Waals surface area (Å²) in [4.78, 5) is 0. The van der Waals surface area contributed by atoms with Crippen LogP contribution >= 0.6 is 0 Å². The topological polar surface area (TPSA) is 53.7 Å². The highest BCUT2D eigenvalue weighted by molar-refractivity contribution is 5.36. The maximum Gasteiger partial charge on any atom is 0.159 e. The summed E-state index contributed by atoms with van der Waals surface area (Å²) in [6.07, 6.45) is 0.178. The first kappa shape index (κ1) is 12.3. The first-order valence-electron chi connectivity index (χ1n) is 5.53. The zero-order valence-electron chi connectivity index (χ0n) is 9.69. The lowest BCUT2D eigenvalue weighted by Gasteiger charge is -2.18. The van der Waals surface area contributed by atoms with Crippen molar-refractivity contribution in [2.24, 2.45) is 5.73 Å². The van der Waals surface area contributed by atoms with Gasteiger partial charge >= 0.3 is 0 Å². The van der Waals surface area contributed by atoms with Crippen LogP contribution in [0.5, 0.6) is 5.75 Å². The molecule has 1 unspecified atom stereocenters. The highest BCUT2D eigenvalue weighted by Gasteiger charge is 2.22. The lowest BCUT2D eigenvalue weighted by atomic mass is 10.0. The maximum absolute atomic E-state index is 13.2. The van der Waals surface area contributed by atoms with Crippen LogP contribution < -0.4 is 10.5 Å². The molecule has 0 spiro atoms. The Bertz CT molecular complexity index is 380. The smallest absolute Gasteiger partial charge is 0.159 e. The molecule has 0 radical (unpaired) electrons. The molecule has 0 amide bonds. The van der Waals surface area contributed by atoms with E-state index in [4.69, 9.17) is 19.9 Å². The van der Waals surface area contributed by atoms with E-state index in [1.54, 1.807) is 6.07 Å². The molecule has 1 aromatic carbocycles. The van der Waals surface area contributed by atoms with Crippen molar-refractivity contribution in [1.29, 1.82) is 0 Å². The fourth-order valence-corrected chi connectivity index (χ4v) is 1.87. The minimum Gasteiger partial charge on any atom is -0.496 e. The molecular formula is C12H16FNO3. The van der Waals surface area contributed by atoms with Crippen molar-refractivity contribution in [1.82, 2.24) is 0 Å². The van der Waals surface area contributed by atoms with Crippen LogP contribution in [0, 0.1) is 5.82 Å². The predicted octanol–water partition coefficient (Wildman–Crippen LogP) is 1.60. The third-order valence-electron chi connectivity index (χ3n) is 2.73.